The molecule has 1 fully saturated rings. The number of rotatable bonds is 0. The Morgan fingerprint density at radius 1 is 1.45 bits per heavy atom. The smallest absolute Gasteiger partial charge is 0.154 e. The first kappa shape index (κ1) is 7.43. The molecule has 4 N–H and O–H groups in total. The summed E-state index contributed by atoms with van der Waals surface area (Å²) in [6.07, 6.45) is 3.32. The molecule has 62 valence electrons. The number of nitrogens with zero attached hydrogens (tertiary/aromatic N) is 1. The molecule has 2 rings (SSSR count). The molecule has 0 saturated heterocycles. The standard InChI is InChI=1S/C7H13N3S/c8-4-1-2-5-6(3-4)11-7(9)10-5/h4-6H,1-3,8H2,(H2,9,10)/t4-,5-,6+/m0/s1. The first-order valence-electron chi connectivity index (χ1n) is 4.01. The van der Waals surface area contributed by atoms with Gasteiger partial charge < -0.3 is 11.5 Å². The summed E-state index contributed by atoms with van der Waals surface area (Å²) in [6.45, 7) is 0. The first-order valence-corrected chi connectivity index (χ1v) is 4.89. The van der Waals surface area contributed by atoms with Crippen molar-refractivity contribution in [2.75, 3.05) is 0 Å². The van der Waals surface area contributed by atoms with E-state index in [9.17, 15) is 0 Å². The summed E-state index contributed by atoms with van der Waals surface area (Å²) >= 11 is 1.70. The molecule has 1 aliphatic carbocycles. The lowest BCUT2D eigenvalue weighted by atomic mass is 9.92. The Kier molecular flexibility index (Phi) is 1.81. The third-order valence-corrected chi connectivity index (χ3v) is 3.52. The Morgan fingerprint density at radius 2 is 2.27 bits per heavy atom. The van der Waals surface area contributed by atoms with E-state index in [0.717, 1.165) is 24.4 Å². The van der Waals surface area contributed by atoms with Crippen molar-refractivity contribution in [3.05, 3.63) is 0 Å². The van der Waals surface area contributed by atoms with Crippen LogP contribution in [-0.4, -0.2) is 22.5 Å². The van der Waals surface area contributed by atoms with E-state index in [0.29, 0.717) is 17.3 Å². The number of fused-ring (bicyclic) bond motifs is 1. The maximum atomic E-state index is 5.83. The van der Waals surface area contributed by atoms with Crippen molar-refractivity contribution in [2.45, 2.75) is 36.6 Å². The van der Waals surface area contributed by atoms with Crippen LogP contribution in [0.2, 0.25) is 0 Å². The summed E-state index contributed by atoms with van der Waals surface area (Å²) in [5.41, 5.74) is 11.4. The van der Waals surface area contributed by atoms with Gasteiger partial charge in [0.2, 0.25) is 0 Å². The number of nitrogens with two attached hydrogens (primary N) is 2. The van der Waals surface area contributed by atoms with Crippen LogP contribution < -0.4 is 11.5 Å². The van der Waals surface area contributed by atoms with Crippen LogP contribution in [0.15, 0.2) is 4.99 Å². The predicted molar refractivity (Wildman–Crippen MR) is 48.6 cm³/mol. The molecule has 3 nitrogen and oxygen atoms in total. The molecule has 1 aliphatic heterocycles. The topological polar surface area (TPSA) is 64.4 Å². The van der Waals surface area contributed by atoms with Crippen LogP contribution in [-0.2, 0) is 0 Å². The lowest BCUT2D eigenvalue weighted by molar-refractivity contribution is 0.412. The molecule has 0 aromatic heterocycles. The first-order chi connectivity index (χ1) is 5.25. The van der Waals surface area contributed by atoms with Gasteiger partial charge in [0.25, 0.3) is 0 Å². The van der Waals surface area contributed by atoms with Gasteiger partial charge in [-0.2, -0.15) is 0 Å². The third-order valence-electron chi connectivity index (χ3n) is 2.36. The minimum absolute atomic E-state index is 0.379. The normalized spacial score (nSPS) is 43.4. The van der Waals surface area contributed by atoms with Gasteiger partial charge >= 0.3 is 0 Å². The molecular formula is C7H13N3S. The van der Waals surface area contributed by atoms with Gasteiger partial charge in [-0.15, -0.1) is 0 Å². The van der Waals surface area contributed by atoms with Gasteiger partial charge in [0.1, 0.15) is 0 Å². The Balaban J connectivity index is 2.03. The molecule has 0 unspecified atom stereocenters. The molecule has 0 aromatic rings. The second-order valence-corrected chi connectivity index (χ2v) is 4.52. The van der Waals surface area contributed by atoms with Crippen molar-refractivity contribution in [1.82, 2.24) is 0 Å². The highest BCUT2D eigenvalue weighted by atomic mass is 32.2. The summed E-state index contributed by atoms with van der Waals surface area (Å²) < 4.78 is 0. The van der Waals surface area contributed by atoms with E-state index in [-0.39, 0.29) is 0 Å². The minimum Gasteiger partial charge on any atom is -0.379 e. The monoisotopic (exact) mass is 171 g/mol. The van der Waals surface area contributed by atoms with E-state index in [1.807, 2.05) is 0 Å². The zero-order valence-corrected chi connectivity index (χ0v) is 7.18. The predicted octanol–water partition coefficient (Wildman–Crippen LogP) is 0.296. The Hall–Kier alpha value is -0.220. The molecule has 1 saturated carbocycles. The van der Waals surface area contributed by atoms with E-state index >= 15 is 0 Å². The molecule has 11 heavy (non-hydrogen) atoms. The van der Waals surface area contributed by atoms with Crippen LogP contribution in [0.5, 0.6) is 0 Å². The van der Waals surface area contributed by atoms with Crippen molar-refractivity contribution < 1.29 is 0 Å². The fraction of sp³-hybridized carbons (Fsp3) is 0.857. The van der Waals surface area contributed by atoms with E-state index in [2.05, 4.69) is 4.99 Å². The van der Waals surface area contributed by atoms with Crippen LogP contribution in [0.1, 0.15) is 19.3 Å². The molecule has 3 atom stereocenters. The summed E-state index contributed by atoms with van der Waals surface area (Å²) in [6, 6.07) is 0.852. The summed E-state index contributed by atoms with van der Waals surface area (Å²) in [7, 11) is 0. The van der Waals surface area contributed by atoms with Gasteiger partial charge in [0.05, 0.1) is 6.04 Å². The SMILES string of the molecule is NC1=N[C@H]2CC[C@H](N)C[C@H]2S1. The highest BCUT2D eigenvalue weighted by Crippen LogP contribution is 2.35. The van der Waals surface area contributed by atoms with Crippen LogP contribution in [0.4, 0.5) is 0 Å². The molecule has 4 heteroatoms. The van der Waals surface area contributed by atoms with Gasteiger partial charge in [-0.05, 0) is 19.3 Å². The third kappa shape index (κ3) is 1.37. The lowest BCUT2D eigenvalue weighted by Gasteiger charge is -2.26. The maximum Gasteiger partial charge on any atom is 0.154 e. The fourth-order valence-corrected chi connectivity index (χ4v) is 2.97. The molecule has 1 heterocycles. The number of amidine groups is 1. The number of thioether (sulfide) groups is 1. The molecule has 2 aliphatic rings. The quantitative estimate of drug-likeness (QED) is 0.551. The molecule has 0 radical (unpaired) electrons. The van der Waals surface area contributed by atoms with Crippen LogP contribution in [0.25, 0.3) is 0 Å². The van der Waals surface area contributed by atoms with E-state index in [1.54, 1.807) is 11.8 Å². The summed E-state index contributed by atoms with van der Waals surface area (Å²) in [5.74, 6) is 0. The van der Waals surface area contributed by atoms with E-state index < -0.39 is 0 Å². The largest absolute Gasteiger partial charge is 0.379 e. The molecule has 0 aromatic carbocycles. The highest BCUT2D eigenvalue weighted by Gasteiger charge is 2.33. The molecule has 0 bridgehead atoms. The maximum absolute atomic E-state index is 5.83. The minimum atomic E-state index is 0.379. The summed E-state index contributed by atoms with van der Waals surface area (Å²) in [5, 5.41) is 1.34. The van der Waals surface area contributed by atoms with Crippen molar-refractivity contribution in [2.24, 2.45) is 16.5 Å². The van der Waals surface area contributed by atoms with Crippen molar-refractivity contribution >= 4 is 16.9 Å². The lowest BCUT2D eigenvalue weighted by Crippen LogP contribution is -2.35. The van der Waals surface area contributed by atoms with Gasteiger partial charge in [-0.1, -0.05) is 11.8 Å². The number of hydrogen-bond acceptors (Lipinski definition) is 4. The van der Waals surface area contributed by atoms with Crippen molar-refractivity contribution in [3.8, 4) is 0 Å². The average molecular weight is 171 g/mol. The second kappa shape index (κ2) is 2.68. The number of aliphatic imine (C=N–C) groups is 1. The highest BCUT2D eigenvalue weighted by molar-refractivity contribution is 8.14. The zero-order chi connectivity index (χ0) is 7.84. The number of hydrogen-bond donors (Lipinski definition) is 2. The van der Waals surface area contributed by atoms with Gasteiger partial charge in [-0.25, -0.2) is 0 Å². The van der Waals surface area contributed by atoms with Crippen LogP contribution in [0, 0.1) is 0 Å². The van der Waals surface area contributed by atoms with Crippen LogP contribution >= 0.6 is 11.8 Å². The zero-order valence-electron chi connectivity index (χ0n) is 6.36. The van der Waals surface area contributed by atoms with E-state index in [1.165, 1.54) is 0 Å². The average Bonchev–Trinajstić information content (AvgIpc) is 2.27. The Morgan fingerprint density at radius 3 is 3.09 bits per heavy atom. The van der Waals surface area contributed by atoms with Gasteiger partial charge in [0.15, 0.2) is 5.17 Å². The van der Waals surface area contributed by atoms with Crippen LogP contribution in [0.3, 0.4) is 0 Å². The van der Waals surface area contributed by atoms with Crippen molar-refractivity contribution in [1.29, 1.82) is 0 Å². The fourth-order valence-electron chi connectivity index (χ4n) is 1.77. The Labute approximate surface area is 70.6 Å². The summed E-state index contributed by atoms with van der Waals surface area (Å²) in [4.78, 5) is 4.35. The Bertz CT molecular complexity index is 192. The molecular weight excluding hydrogens is 158 g/mol. The van der Waals surface area contributed by atoms with Crippen molar-refractivity contribution in [3.63, 3.8) is 0 Å². The van der Waals surface area contributed by atoms with Gasteiger partial charge in [-0.3, -0.25) is 4.99 Å². The van der Waals surface area contributed by atoms with E-state index in [4.69, 9.17) is 11.5 Å². The van der Waals surface area contributed by atoms with Gasteiger partial charge in [0, 0.05) is 11.3 Å². The second-order valence-electron chi connectivity index (χ2n) is 3.26. The molecule has 0 amide bonds. The molecule has 0 spiro atoms.